The molecule has 172 valence electrons. The Labute approximate surface area is 194 Å². The molecule has 0 radical (unpaired) electrons. The Morgan fingerprint density at radius 2 is 1.79 bits per heavy atom. The molecule has 1 aromatic heterocycles. The highest BCUT2D eigenvalue weighted by atomic mass is 35.5. The van der Waals surface area contributed by atoms with Crippen molar-refractivity contribution in [1.82, 2.24) is 10.3 Å². The van der Waals surface area contributed by atoms with E-state index >= 15 is 0 Å². The van der Waals surface area contributed by atoms with E-state index in [-0.39, 0.29) is 28.0 Å². The molecule has 2 unspecified atom stereocenters. The first-order chi connectivity index (χ1) is 15.6. The number of non-ortho nitro benzene ring substituents is 1. The van der Waals surface area contributed by atoms with Crippen LogP contribution in [0.5, 0.6) is 0 Å². The van der Waals surface area contributed by atoms with Gasteiger partial charge in [-0.3, -0.25) is 19.7 Å². The molecular weight excluding hydrogens is 450 g/mol. The Bertz CT molecular complexity index is 1240. The molecule has 0 bridgehead atoms. The van der Waals surface area contributed by atoms with Gasteiger partial charge in [0, 0.05) is 34.8 Å². The number of ether oxygens (including phenoxy) is 1. The first-order valence-corrected chi connectivity index (χ1v) is 10.5. The van der Waals surface area contributed by atoms with Crippen molar-refractivity contribution < 1.29 is 24.0 Å². The lowest BCUT2D eigenvalue weighted by Gasteiger charge is -2.23. The van der Waals surface area contributed by atoms with Crippen LogP contribution in [0.1, 0.15) is 41.5 Å². The largest absolute Gasteiger partial charge is 0.453 e. The van der Waals surface area contributed by atoms with E-state index in [4.69, 9.17) is 16.3 Å². The monoisotopic (exact) mass is 471 g/mol. The number of hydrogen-bond acceptors (Lipinski definition) is 6. The van der Waals surface area contributed by atoms with E-state index in [1.165, 1.54) is 13.0 Å². The second-order valence-electron chi connectivity index (χ2n) is 7.81. The summed E-state index contributed by atoms with van der Waals surface area (Å²) in [6.07, 6.45) is 0.480. The second kappa shape index (κ2) is 9.83. The highest BCUT2D eigenvalue weighted by molar-refractivity contribution is 6.34. The minimum absolute atomic E-state index is 0.0244. The van der Waals surface area contributed by atoms with Crippen LogP contribution in [0.25, 0.3) is 10.9 Å². The summed E-state index contributed by atoms with van der Waals surface area (Å²) in [5.74, 6) is -2.22. The maximum absolute atomic E-state index is 12.9. The molecule has 1 heterocycles. The molecule has 33 heavy (non-hydrogen) atoms. The first kappa shape index (κ1) is 23.9. The first-order valence-electron chi connectivity index (χ1n) is 10.2. The topological polar surface area (TPSA) is 131 Å². The van der Waals surface area contributed by atoms with Crippen molar-refractivity contribution in [2.24, 2.45) is 5.92 Å². The van der Waals surface area contributed by atoms with Crippen LogP contribution >= 0.6 is 11.6 Å². The van der Waals surface area contributed by atoms with Crippen LogP contribution in [-0.2, 0) is 9.53 Å². The summed E-state index contributed by atoms with van der Waals surface area (Å²) in [7, 11) is 0. The summed E-state index contributed by atoms with van der Waals surface area (Å²) < 4.78 is 5.39. The van der Waals surface area contributed by atoms with Gasteiger partial charge in [0.05, 0.1) is 15.5 Å². The van der Waals surface area contributed by atoms with Crippen molar-refractivity contribution in [3.8, 4) is 0 Å². The highest BCUT2D eigenvalue weighted by Crippen LogP contribution is 2.23. The second-order valence-corrected chi connectivity index (χ2v) is 8.21. The fourth-order valence-electron chi connectivity index (χ4n) is 3.31. The minimum Gasteiger partial charge on any atom is -0.453 e. The molecule has 2 N–H and O–H groups in total. The van der Waals surface area contributed by atoms with Crippen molar-refractivity contribution in [2.75, 3.05) is 0 Å². The number of fused-ring (bicyclic) bond motifs is 1. The van der Waals surface area contributed by atoms with Gasteiger partial charge in [-0.15, -0.1) is 0 Å². The van der Waals surface area contributed by atoms with Gasteiger partial charge in [-0.1, -0.05) is 43.6 Å². The normalized spacial score (nSPS) is 12.9. The zero-order valence-corrected chi connectivity index (χ0v) is 18.9. The predicted octanol–water partition coefficient (Wildman–Crippen LogP) is 4.30. The molecule has 2 aromatic carbocycles. The number of benzene rings is 2. The number of para-hydroxylation sites is 1. The van der Waals surface area contributed by atoms with E-state index in [9.17, 15) is 24.5 Å². The molecule has 1 amide bonds. The number of rotatable bonds is 8. The van der Waals surface area contributed by atoms with E-state index < -0.39 is 28.9 Å². The Hall–Kier alpha value is -3.72. The Kier molecular flexibility index (Phi) is 7.13. The third-order valence-corrected chi connectivity index (χ3v) is 5.44. The van der Waals surface area contributed by atoms with E-state index in [0.29, 0.717) is 10.9 Å². The van der Waals surface area contributed by atoms with Crippen molar-refractivity contribution in [2.45, 2.75) is 32.9 Å². The van der Waals surface area contributed by atoms with Gasteiger partial charge < -0.3 is 15.0 Å². The Morgan fingerprint density at radius 1 is 1.09 bits per heavy atom. The van der Waals surface area contributed by atoms with Crippen LogP contribution in [0.15, 0.2) is 48.7 Å². The molecule has 3 aromatic rings. The molecular formula is C23H22ClN3O6. The fourth-order valence-corrected chi connectivity index (χ4v) is 3.57. The van der Waals surface area contributed by atoms with Crippen LogP contribution in [0.2, 0.25) is 5.02 Å². The number of hydrogen-bond donors (Lipinski definition) is 2. The lowest BCUT2D eigenvalue weighted by Crippen LogP contribution is -2.46. The Balaban J connectivity index is 1.73. The summed E-state index contributed by atoms with van der Waals surface area (Å²) in [5.41, 5.74) is 0.894. The molecule has 0 aliphatic rings. The molecule has 0 fully saturated rings. The van der Waals surface area contributed by atoms with Crippen molar-refractivity contribution >= 4 is 45.9 Å². The number of amides is 1. The van der Waals surface area contributed by atoms with Gasteiger partial charge in [-0.25, -0.2) is 4.79 Å². The molecule has 0 aliphatic carbocycles. The highest BCUT2D eigenvalue weighted by Gasteiger charge is 2.31. The number of nitro groups is 1. The number of carbonyl (C=O) groups is 3. The van der Waals surface area contributed by atoms with Gasteiger partial charge >= 0.3 is 5.97 Å². The van der Waals surface area contributed by atoms with Crippen molar-refractivity contribution in [3.05, 3.63) is 74.9 Å². The molecule has 0 saturated carbocycles. The summed E-state index contributed by atoms with van der Waals surface area (Å²) in [6, 6.07) is 9.60. The zero-order chi connectivity index (χ0) is 24.3. The number of carbonyl (C=O) groups excluding carboxylic acids is 3. The average Bonchev–Trinajstić information content (AvgIpc) is 3.20. The molecule has 10 heteroatoms. The van der Waals surface area contributed by atoms with Gasteiger partial charge in [0.25, 0.3) is 11.6 Å². The number of esters is 1. The average molecular weight is 472 g/mol. The van der Waals surface area contributed by atoms with Gasteiger partial charge in [-0.2, -0.15) is 0 Å². The van der Waals surface area contributed by atoms with Crippen molar-refractivity contribution in [3.63, 3.8) is 0 Å². The lowest BCUT2D eigenvalue weighted by molar-refractivity contribution is -0.384. The number of nitro benzene ring substituents is 1. The molecule has 2 atom stereocenters. The van der Waals surface area contributed by atoms with Crippen LogP contribution in [0.3, 0.4) is 0 Å². The standard InChI is InChI=1S/C23H22ClN3O6/c1-12(2)20(26-22(29)16-9-8-14(27(31)32)10-18(16)24)23(30)33-13(3)21(28)17-11-25-19-7-5-4-6-15(17)19/h4-13,20,25H,1-3H3,(H,26,29). The van der Waals surface area contributed by atoms with Gasteiger partial charge in [0.2, 0.25) is 5.78 Å². The lowest BCUT2D eigenvalue weighted by atomic mass is 10.0. The van der Waals surface area contributed by atoms with Crippen LogP contribution in [-0.4, -0.2) is 39.7 Å². The summed E-state index contributed by atoms with van der Waals surface area (Å²) in [4.78, 5) is 51.6. The number of halogens is 1. The van der Waals surface area contributed by atoms with E-state index in [1.807, 2.05) is 12.1 Å². The molecule has 9 nitrogen and oxygen atoms in total. The number of aromatic amines is 1. The van der Waals surface area contributed by atoms with E-state index in [1.54, 1.807) is 32.2 Å². The predicted molar refractivity (Wildman–Crippen MR) is 122 cm³/mol. The summed E-state index contributed by atoms with van der Waals surface area (Å²) in [6.45, 7) is 4.88. The molecule has 0 spiro atoms. The van der Waals surface area contributed by atoms with Crippen LogP contribution in [0.4, 0.5) is 5.69 Å². The number of aromatic nitrogens is 1. The van der Waals surface area contributed by atoms with Crippen LogP contribution in [0, 0.1) is 16.0 Å². The quantitative estimate of drug-likeness (QED) is 0.218. The maximum Gasteiger partial charge on any atom is 0.329 e. The third-order valence-electron chi connectivity index (χ3n) is 5.13. The molecule has 0 aliphatic heterocycles. The number of nitrogens with zero attached hydrogens (tertiary/aromatic N) is 1. The number of H-pyrrole nitrogens is 1. The van der Waals surface area contributed by atoms with Gasteiger partial charge in [0.15, 0.2) is 6.10 Å². The number of Topliss-reactive ketones (excluding diaryl/α,β-unsaturated/α-hetero) is 1. The molecule has 3 rings (SSSR count). The molecule has 0 saturated heterocycles. The van der Waals surface area contributed by atoms with Crippen molar-refractivity contribution in [1.29, 1.82) is 0 Å². The van der Waals surface area contributed by atoms with Gasteiger partial charge in [-0.05, 0) is 25.0 Å². The SMILES string of the molecule is CC(OC(=O)C(NC(=O)c1ccc([N+](=O)[O-])cc1Cl)C(C)C)C(=O)c1c[nH]c2ccccc12. The number of nitrogens with one attached hydrogen (secondary N) is 2. The minimum atomic E-state index is -1.09. The van der Waals surface area contributed by atoms with E-state index in [0.717, 1.165) is 17.6 Å². The zero-order valence-electron chi connectivity index (χ0n) is 18.1. The van der Waals surface area contributed by atoms with Gasteiger partial charge in [0.1, 0.15) is 6.04 Å². The summed E-state index contributed by atoms with van der Waals surface area (Å²) in [5, 5.41) is 14.0. The number of ketones is 1. The fraction of sp³-hybridized carbons (Fsp3) is 0.261. The van der Waals surface area contributed by atoms with Crippen LogP contribution < -0.4 is 5.32 Å². The maximum atomic E-state index is 12.9. The Morgan fingerprint density at radius 3 is 2.42 bits per heavy atom. The summed E-state index contributed by atoms with van der Waals surface area (Å²) >= 11 is 6.01. The van der Waals surface area contributed by atoms with E-state index in [2.05, 4.69) is 10.3 Å². The smallest absolute Gasteiger partial charge is 0.329 e. The third kappa shape index (κ3) is 5.20.